The Kier molecular flexibility index (Phi) is 5.76. The van der Waals surface area contributed by atoms with Crippen molar-refractivity contribution in [2.24, 2.45) is 5.41 Å². The minimum absolute atomic E-state index is 0.0434. The zero-order valence-electron chi connectivity index (χ0n) is 15.5. The van der Waals surface area contributed by atoms with Gasteiger partial charge in [-0.25, -0.2) is 4.98 Å². The molecule has 2 aliphatic heterocycles. The third-order valence-corrected chi connectivity index (χ3v) is 4.66. The van der Waals surface area contributed by atoms with E-state index in [2.05, 4.69) is 10.3 Å². The van der Waals surface area contributed by atoms with Gasteiger partial charge >= 0.3 is 0 Å². The molecule has 0 spiro atoms. The Labute approximate surface area is 154 Å². The van der Waals surface area contributed by atoms with Gasteiger partial charge in [0, 0.05) is 32.1 Å². The van der Waals surface area contributed by atoms with E-state index in [9.17, 15) is 9.59 Å². The molecule has 1 aromatic rings. The first-order valence-electron chi connectivity index (χ1n) is 9.23. The van der Waals surface area contributed by atoms with Crippen molar-refractivity contribution in [3.63, 3.8) is 0 Å². The summed E-state index contributed by atoms with van der Waals surface area (Å²) in [5.41, 5.74) is -0.207. The molecule has 0 aromatic carbocycles. The van der Waals surface area contributed by atoms with Gasteiger partial charge < -0.3 is 14.8 Å². The summed E-state index contributed by atoms with van der Waals surface area (Å²) in [6.07, 6.45) is 4.21. The van der Waals surface area contributed by atoms with Gasteiger partial charge in [0.05, 0.1) is 0 Å². The number of hydrogen-bond donors (Lipinski definition) is 1. The first-order chi connectivity index (χ1) is 12.4. The molecule has 7 heteroatoms. The summed E-state index contributed by atoms with van der Waals surface area (Å²) in [5.74, 6) is 1.13. The van der Waals surface area contributed by atoms with Crippen LogP contribution in [-0.4, -0.2) is 54.0 Å². The number of carbonyl (C=O) groups is 2. The number of rotatable bonds is 7. The minimum atomic E-state index is -0.207. The second-order valence-corrected chi connectivity index (χ2v) is 7.73. The van der Waals surface area contributed by atoms with E-state index in [4.69, 9.17) is 9.47 Å². The number of nitrogens with one attached hydrogen (secondary N) is 1. The lowest BCUT2D eigenvalue weighted by molar-refractivity contribution is -0.152. The van der Waals surface area contributed by atoms with Gasteiger partial charge in [-0.1, -0.05) is 13.8 Å². The maximum Gasteiger partial charge on any atom is 0.257 e. The lowest BCUT2D eigenvalue weighted by Gasteiger charge is -2.34. The molecule has 2 aliphatic rings. The van der Waals surface area contributed by atoms with Crippen molar-refractivity contribution in [2.75, 3.05) is 26.2 Å². The van der Waals surface area contributed by atoms with E-state index < -0.39 is 0 Å². The second-order valence-electron chi connectivity index (χ2n) is 7.73. The molecule has 7 nitrogen and oxygen atoms in total. The Balaban J connectivity index is 1.31. The smallest absolute Gasteiger partial charge is 0.257 e. The molecule has 1 fully saturated rings. The van der Waals surface area contributed by atoms with E-state index in [1.165, 1.54) is 4.90 Å². The molecular weight excluding hydrogens is 334 g/mol. The molecule has 3 rings (SSSR count). The van der Waals surface area contributed by atoms with E-state index in [1.807, 2.05) is 26.0 Å². The van der Waals surface area contributed by atoms with Crippen molar-refractivity contribution in [1.29, 1.82) is 0 Å². The first-order valence-corrected chi connectivity index (χ1v) is 9.23. The molecule has 1 unspecified atom stereocenters. The number of imide groups is 1. The number of piperidine rings is 1. The number of nitrogens with zero attached hydrogens (tertiary/aromatic N) is 2. The van der Waals surface area contributed by atoms with E-state index >= 15 is 0 Å². The number of aromatic nitrogens is 1. The fraction of sp³-hybridized carbons (Fsp3) is 0.632. The van der Waals surface area contributed by atoms with Gasteiger partial charge in [-0.2, -0.15) is 0 Å². The predicted octanol–water partition coefficient (Wildman–Crippen LogP) is 1.77. The Morgan fingerprint density at radius 2 is 2.04 bits per heavy atom. The monoisotopic (exact) mass is 361 g/mol. The lowest BCUT2D eigenvalue weighted by Crippen LogP contribution is -2.46. The fourth-order valence-corrected chi connectivity index (χ4v) is 3.29. The Bertz CT molecular complexity index is 642. The van der Waals surface area contributed by atoms with Crippen LogP contribution in [0.5, 0.6) is 11.6 Å². The quantitative estimate of drug-likeness (QED) is 0.589. The largest absolute Gasteiger partial charge is 0.484 e. The van der Waals surface area contributed by atoms with Crippen LogP contribution in [0.15, 0.2) is 18.3 Å². The molecule has 0 aliphatic carbocycles. The normalized spacial score (nSPS) is 21.8. The van der Waals surface area contributed by atoms with Crippen molar-refractivity contribution in [3.05, 3.63) is 18.3 Å². The summed E-state index contributed by atoms with van der Waals surface area (Å²) >= 11 is 0. The summed E-state index contributed by atoms with van der Waals surface area (Å²) in [6, 6.07) is 3.66. The number of carbonyl (C=O) groups excluding carboxylic acids is 2. The van der Waals surface area contributed by atoms with Crippen LogP contribution in [0.4, 0.5) is 0 Å². The number of amides is 2. The molecule has 0 bridgehead atoms. The third kappa shape index (κ3) is 4.72. The summed E-state index contributed by atoms with van der Waals surface area (Å²) in [5, 5.41) is 3.34. The van der Waals surface area contributed by atoms with Crippen LogP contribution in [0, 0.1) is 5.41 Å². The van der Waals surface area contributed by atoms with Gasteiger partial charge in [-0.3, -0.25) is 14.5 Å². The molecule has 1 saturated heterocycles. The van der Waals surface area contributed by atoms with E-state index in [-0.39, 0.29) is 23.3 Å². The summed E-state index contributed by atoms with van der Waals surface area (Å²) in [7, 11) is 0. The standard InChI is InChI=1S/C19H27N3O4/c1-19(2)10-16(23)22(17(24)11-19)9-4-3-7-20-12-14-13-25-15-6-5-8-21-18(15)26-14/h5-6,8,14,20H,3-4,7,9-13H2,1-2H3. The minimum Gasteiger partial charge on any atom is -0.484 e. The maximum absolute atomic E-state index is 12.1. The molecule has 1 aromatic heterocycles. The van der Waals surface area contributed by atoms with E-state index in [0.29, 0.717) is 44.2 Å². The van der Waals surface area contributed by atoms with Crippen LogP contribution in [0.2, 0.25) is 0 Å². The van der Waals surface area contributed by atoms with Crippen LogP contribution in [-0.2, 0) is 9.59 Å². The van der Waals surface area contributed by atoms with Gasteiger partial charge in [-0.15, -0.1) is 0 Å². The molecule has 3 heterocycles. The summed E-state index contributed by atoms with van der Waals surface area (Å²) < 4.78 is 11.4. The average molecular weight is 361 g/mol. The number of likely N-dealkylation sites (tertiary alicyclic amines) is 1. The number of ether oxygens (including phenoxy) is 2. The van der Waals surface area contributed by atoms with Crippen molar-refractivity contribution in [2.45, 2.75) is 45.6 Å². The zero-order chi connectivity index (χ0) is 18.6. The van der Waals surface area contributed by atoms with Gasteiger partial charge in [0.1, 0.15) is 12.7 Å². The molecule has 0 radical (unpaired) electrons. The third-order valence-electron chi connectivity index (χ3n) is 4.66. The molecule has 142 valence electrons. The number of fused-ring (bicyclic) bond motifs is 1. The second kappa shape index (κ2) is 8.03. The average Bonchev–Trinajstić information content (AvgIpc) is 2.58. The van der Waals surface area contributed by atoms with Crippen molar-refractivity contribution >= 4 is 11.8 Å². The Morgan fingerprint density at radius 1 is 1.27 bits per heavy atom. The molecule has 26 heavy (non-hydrogen) atoms. The summed E-state index contributed by atoms with van der Waals surface area (Å²) in [6.45, 7) is 6.42. The molecule has 0 saturated carbocycles. The van der Waals surface area contributed by atoms with Crippen LogP contribution in [0.1, 0.15) is 39.5 Å². The lowest BCUT2D eigenvalue weighted by atomic mass is 9.82. The van der Waals surface area contributed by atoms with Crippen molar-refractivity contribution in [3.8, 4) is 11.6 Å². The Hall–Kier alpha value is -2.15. The number of unbranched alkanes of at least 4 members (excludes halogenated alkanes) is 1. The first kappa shape index (κ1) is 18.6. The van der Waals surface area contributed by atoms with Gasteiger partial charge in [-0.05, 0) is 36.9 Å². The van der Waals surface area contributed by atoms with Gasteiger partial charge in [0.15, 0.2) is 5.75 Å². The zero-order valence-corrected chi connectivity index (χ0v) is 15.5. The molecule has 1 atom stereocenters. The van der Waals surface area contributed by atoms with E-state index in [0.717, 1.165) is 19.4 Å². The highest BCUT2D eigenvalue weighted by Crippen LogP contribution is 2.31. The highest BCUT2D eigenvalue weighted by atomic mass is 16.6. The van der Waals surface area contributed by atoms with Crippen molar-refractivity contribution < 1.29 is 19.1 Å². The van der Waals surface area contributed by atoms with Crippen molar-refractivity contribution in [1.82, 2.24) is 15.2 Å². The molecule has 1 N–H and O–H groups in total. The number of hydrogen-bond acceptors (Lipinski definition) is 6. The Morgan fingerprint density at radius 3 is 2.81 bits per heavy atom. The SMILES string of the molecule is CC1(C)CC(=O)N(CCCCNCC2COc3cccnc3O2)C(=O)C1. The van der Waals surface area contributed by atoms with Crippen LogP contribution in [0.3, 0.4) is 0 Å². The maximum atomic E-state index is 12.1. The molecule has 2 amide bonds. The van der Waals surface area contributed by atoms with Gasteiger partial charge in [0.2, 0.25) is 11.8 Å². The predicted molar refractivity (Wildman–Crippen MR) is 96.0 cm³/mol. The van der Waals surface area contributed by atoms with Crippen LogP contribution >= 0.6 is 0 Å². The highest BCUT2D eigenvalue weighted by Gasteiger charge is 2.36. The number of pyridine rings is 1. The summed E-state index contributed by atoms with van der Waals surface area (Å²) in [4.78, 5) is 29.8. The highest BCUT2D eigenvalue weighted by molar-refractivity contribution is 5.98. The van der Waals surface area contributed by atoms with Crippen LogP contribution < -0.4 is 14.8 Å². The molecular formula is C19H27N3O4. The van der Waals surface area contributed by atoms with Crippen LogP contribution in [0.25, 0.3) is 0 Å². The van der Waals surface area contributed by atoms with E-state index in [1.54, 1.807) is 6.20 Å². The van der Waals surface area contributed by atoms with Gasteiger partial charge in [0.25, 0.3) is 5.88 Å². The fourth-order valence-electron chi connectivity index (χ4n) is 3.29. The topological polar surface area (TPSA) is 80.8 Å².